The van der Waals surface area contributed by atoms with Crippen molar-refractivity contribution in [3.8, 4) is 0 Å². The highest BCUT2D eigenvalue weighted by Crippen LogP contribution is 2.18. The first-order valence-electron chi connectivity index (χ1n) is 4.35. The molecule has 0 unspecified atom stereocenters. The van der Waals surface area contributed by atoms with Gasteiger partial charge in [-0.1, -0.05) is 0 Å². The van der Waals surface area contributed by atoms with Gasteiger partial charge in [-0.25, -0.2) is 9.78 Å². The Hall–Kier alpha value is -2.11. The number of aromatic nitrogens is 3. The van der Waals surface area contributed by atoms with Crippen LogP contribution in [0.3, 0.4) is 0 Å². The largest absolute Gasteiger partial charge is 0.422 e. The molecule has 6 heteroatoms. The van der Waals surface area contributed by atoms with Crippen LogP contribution in [0.5, 0.6) is 0 Å². The minimum absolute atomic E-state index is 0.209. The highest BCUT2D eigenvalue weighted by atomic mass is 16.5. The summed E-state index contributed by atoms with van der Waals surface area (Å²) < 4.78 is 0.447. The second kappa shape index (κ2) is 3.23. The molecule has 0 saturated heterocycles. The summed E-state index contributed by atoms with van der Waals surface area (Å²) >= 11 is 0. The second-order valence-corrected chi connectivity index (χ2v) is 3.30. The number of hydrogen-bond donors (Lipinski definition) is 1. The zero-order chi connectivity index (χ0) is 11.0. The van der Waals surface area contributed by atoms with Gasteiger partial charge in [0.1, 0.15) is 5.82 Å². The number of nitrogens with zero attached hydrogens (tertiary/aromatic N) is 4. The summed E-state index contributed by atoms with van der Waals surface area (Å²) in [5, 5.41) is 10.1. The Kier molecular flexibility index (Phi) is 2.03. The molecule has 2 rings (SSSR count). The third-order valence-electron chi connectivity index (χ3n) is 2.03. The summed E-state index contributed by atoms with van der Waals surface area (Å²) in [6, 6.07) is 3.47. The molecule has 0 amide bonds. The standard InChI is InChI=1S/C9H10N4O2/c1-12(2)8-6-4-3-5-10-7(6)13(15)9(14)11-8/h3-5,15H,1-2H3. The fourth-order valence-corrected chi connectivity index (χ4v) is 1.37. The van der Waals surface area contributed by atoms with Crippen LogP contribution < -0.4 is 10.6 Å². The monoisotopic (exact) mass is 206 g/mol. The predicted molar refractivity (Wildman–Crippen MR) is 55.3 cm³/mol. The molecule has 6 nitrogen and oxygen atoms in total. The highest BCUT2D eigenvalue weighted by molar-refractivity contribution is 5.86. The molecule has 0 aliphatic carbocycles. The minimum Gasteiger partial charge on any atom is -0.422 e. The Morgan fingerprint density at radius 2 is 2.20 bits per heavy atom. The van der Waals surface area contributed by atoms with Crippen LogP contribution in [0, 0.1) is 0 Å². The van der Waals surface area contributed by atoms with Crippen molar-refractivity contribution in [3.05, 3.63) is 28.8 Å². The van der Waals surface area contributed by atoms with E-state index in [9.17, 15) is 10.0 Å². The maximum atomic E-state index is 11.3. The molecule has 0 bridgehead atoms. The average Bonchev–Trinajstić information content (AvgIpc) is 2.23. The Morgan fingerprint density at radius 3 is 2.87 bits per heavy atom. The molecule has 0 aliphatic heterocycles. The van der Waals surface area contributed by atoms with Crippen molar-refractivity contribution >= 4 is 16.9 Å². The third kappa shape index (κ3) is 1.39. The van der Waals surface area contributed by atoms with Crippen molar-refractivity contribution in [3.63, 3.8) is 0 Å². The summed E-state index contributed by atoms with van der Waals surface area (Å²) in [6.45, 7) is 0. The van der Waals surface area contributed by atoms with Crippen molar-refractivity contribution in [2.24, 2.45) is 0 Å². The quantitative estimate of drug-likeness (QED) is 0.670. The van der Waals surface area contributed by atoms with Gasteiger partial charge in [0.2, 0.25) is 0 Å². The number of rotatable bonds is 1. The van der Waals surface area contributed by atoms with Crippen LogP contribution in [-0.4, -0.2) is 34.0 Å². The first-order chi connectivity index (χ1) is 7.11. The van der Waals surface area contributed by atoms with Gasteiger partial charge in [-0.2, -0.15) is 4.98 Å². The number of pyridine rings is 1. The van der Waals surface area contributed by atoms with Gasteiger partial charge >= 0.3 is 5.69 Å². The molecule has 0 radical (unpaired) electrons. The van der Waals surface area contributed by atoms with E-state index >= 15 is 0 Å². The van der Waals surface area contributed by atoms with Gasteiger partial charge in [0.25, 0.3) is 0 Å². The van der Waals surface area contributed by atoms with Crippen molar-refractivity contribution in [2.75, 3.05) is 19.0 Å². The third-order valence-corrected chi connectivity index (χ3v) is 2.03. The summed E-state index contributed by atoms with van der Waals surface area (Å²) in [5.74, 6) is 0.494. The van der Waals surface area contributed by atoms with Crippen LogP contribution >= 0.6 is 0 Å². The van der Waals surface area contributed by atoms with Crippen LogP contribution in [0.25, 0.3) is 11.0 Å². The Labute approximate surface area is 85.4 Å². The molecule has 0 atom stereocenters. The molecule has 2 aromatic rings. The predicted octanol–water partition coefficient (Wildman–Crippen LogP) is 0.0948. The molecule has 2 heterocycles. The van der Waals surface area contributed by atoms with E-state index in [1.54, 1.807) is 31.1 Å². The molecule has 1 N–H and O–H groups in total. The molecule has 78 valence electrons. The smallest absolute Gasteiger partial charge is 0.384 e. The van der Waals surface area contributed by atoms with Gasteiger partial charge < -0.3 is 10.1 Å². The van der Waals surface area contributed by atoms with Gasteiger partial charge in [-0.05, 0) is 12.1 Å². The van der Waals surface area contributed by atoms with Gasteiger partial charge in [-0.15, -0.1) is 4.73 Å². The Bertz CT molecular complexity index is 562. The lowest BCUT2D eigenvalue weighted by Gasteiger charge is -2.13. The van der Waals surface area contributed by atoms with Crippen LogP contribution in [0.2, 0.25) is 0 Å². The summed E-state index contributed by atoms with van der Waals surface area (Å²) in [4.78, 5) is 20.7. The highest BCUT2D eigenvalue weighted by Gasteiger charge is 2.11. The van der Waals surface area contributed by atoms with Crippen molar-refractivity contribution in [1.82, 2.24) is 14.7 Å². The van der Waals surface area contributed by atoms with Crippen LogP contribution in [0.15, 0.2) is 23.1 Å². The minimum atomic E-state index is -0.732. The second-order valence-electron chi connectivity index (χ2n) is 3.30. The van der Waals surface area contributed by atoms with Crippen LogP contribution in [0.1, 0.15) is 0 Å². The molecule has 0 aromatic carbocycles. The normalized spacial score (nSPS) is 10.5. The number of hydrogen-bond acceptors (Lipinski definition) is 5. The summed E-state index contributed by atoms with van der Waals surface area (Å²) in [5.41, 5.74) is -0.522. The topological polar surface area (TPSA) is 71.2 Å². The van der Waals surface area contributed by atoms with E-state index in [4.69, 9.17) is 0 Å². The fourth-order valence-electron chi connectivity index (χ4n) is 1.37. The lowest BCUT2D eigenvalue weighted by atomic mass is 10.3. The molecule has 0 saturated carbocycles. The molecular formula is C9H10N4O2. The van der Waals surface area contributed by atoms with Gasteiger partial charge in [0.05, 0.1) is 5.39 Å². The molecule has 0 spiro atoms. The Balaban J connectivity index is 2.95. The molecule has 0 aliphatic rings. The summed E-state index contributed by atoms with van der Waals surface area (Å²) in [7, 11) is 3.55. The van der Waals surface area contributed by atoms with Gasteiger partial charge in [0, 0.05) is 20.3 Å². The first-order valence-corrected chi connectivity index (χ1v) is 4.35. The van der Waals surface area contributed by atoms with Crippen molar-refractivity contribution in [1.29, 1.82) is 0 Å². The first kappa shape index (κ1) is 9.45. The van der Waals surface area contributed by atoms with Crippen molar-refractivity contribution < 1.29 is 5.21 Å². The van der Waals surface area contributed by atoms with Gasteiger partial charge in [0.15, 0.2) is 5.65 Å². The molecule has 0 fully saturated rings. The number of fused-ring (bicyclic) bond motifs is 1. The van der Waals surface area contributed by atoms with Crippen molar-refractivity contribution in [2.45, 2.75) is 0 Å². The van der Waals surface area contributed by atoms with E-state index in [1.807, 2.05) is 0 Å². The molecular weight excluding hydrogens is 196 g/mol. The zero-order valence-electron chi connectivity index (χ0n) is 8.38. The maximum Gasteiger partial charge on any atom is 0.384 e. The maximum absolute atomic E-state index is 11.3. The van der Waals surface area contributed by atoms with Crippen LogP contribution in [-0.2, 0) is 0 Å². The van der Waals surface area contributed by atoms with Gasteiger partial charge in [-0.3, -0.25) is 0 Å². The fraction of sp³-hybridized carbons (Fsp3) is 0.222. The van der Waals surface area contributed by atoms with Crippen LogP contribution in [0.4, 0.5) is 5.82 Å². The Morgan fingerprint density at radius 1 is 1.47 bits per heavy atom. The zero-order valence-corrected chi connectivity index (χ0v) is 8.38. The number of anilines is 1. The molecule has 15 heavy (non-hydrogen) atoms. The summed E-state index contributed by atoms with van der Waals surface area (Å²) in [6.07, 6.45) is 1.51. The lowest BCUT2D eigenvalue weighted by molar-refractivity contribution is 0.182. The van der Waals surface area contributed by atoms with E-state index in [2.05, 4.69) is 9.97 Å². The average molecular weight is 206 g/mol. The lowest BCUT2D eigenvalue weighted by Crippen LogP contribution is -2.25. The van der Waals surface area contributed by atoms with E-state index in [1.165, 1.54) is 6.20 Å². The van der Waals surface area contributed by atoms with E-state index < -0.39 is 5.69 Å². The SMILES string of the molecule is CN(C)c1nc(=O)n(O)c2ncccc12. The van der Waals surface area contributed by atoms with E-state index in [0.29, 0.717) is 15.9 Å². The van der Waals surface area contributed by atoms with E-state index in [0.717, 1.165) is 0 Å². The van der Waals surface area contributed by atoms with E-state index in [-0.39, 0.29) is 5.65 Å². The molecule has 2 aromatic heterocycles.